The summed E-state index contributed by atoms with van der Waals surface area (Å²) in [6, 6.07) is 5.23. The van der Waals surface area contributed by atoms with Crippen LogP contribution in [0.5, 0.6) is 0 Å². The highest BCUT2D eigenvalue weighted by molar-refractivity contribution is 6.03. The molecule has 0 spiro atoms. The van der Waals surface area contributed by atoms with Crippen molar-refractivity contribution in [1.82, 2.24) is 9.88 Å². The summed E-state index contributed by atoms with van der Waals surface area (Å²) in [6.45, 7) is 1.57. The topological polar surface area (TPSA) is 62.3 Å². The van der Waals surface area contributed by atoms with Crippen LogP contribution in [0.3, 0.4) is 0 Å². The Morgan fingerprint density at radius 2 is 2.00 bits per heavy atom. The largest absolute Gasteiger partial charge is 0.339 e. The highest BCUT2D eigenvalue weighted by atomic mass is 16.2. The summed E-state index contributed by atoms with van der Waals surface area (Å²) in [5, 5.41) is 2.58. The maximum absolute atomic E-state index is 11.6. The summed E-state index contributed by atoms with van der Waals surface area (Å²) in [4.78, 5) is 28.9. The zero-order valence-electron chi connectivity index (χ0n) is 10.0. The Hall–Kier alpha value is -2.17. The first-order chi connectivity index (χ1) is 8.75. The fourth-order valence-corrected chi connectivity index (χ4v) is 1.79. The first-order valence-corrected chi connectivity index (χ1v) is 5.95. The Kier molecular flexibility index (Phi) is 4.06. The molecule has 0 unspecified atom stereocenters. The van der Waals surface area contributed by atoms with Crippen LogP contribution in [0.1, 0.15) is 12.8 Å². The summed E-state index contributed by atoms with van der Waals surface area (Å²) < 4.78 is 0. The number of amides is 2. The van der Waals surface area contributed by atoms with Crippen LogP contribution in [0, 0.1) is 0 Å². The van der Waals surface area contributed by atoms with Gasteiger partial charge in [0.1, 0.15) is 5.82 Å². The quantitative estimate of drug-likeness (QED) is 0.814. The van der Waals surface area contributed by atoms with Crippen molar-refractivity contribution in [3.63, 3.8) is 0 Å². The number of nitrogens with one attached hydrogen (secondary N) is 1. The number of carbonyl (C=O) groups is 2. The molecule has 1 N–H and O–H groups in total. The molecule has 2 rings (SSSR count). The molecule has 94 valence electrons. The van der Waals surface area contributed by atoms with Gasteiger partial charge in [0.25, 0.3) is 0 Å². The van der Waals surface area contributed by atoms with Gasteiger partial charge in [-0.05, 0) is 25.0 Å². The standard InChI is InChI=1S/C13H15N3O2/c17-12(15-11-5-1-2-8-14-11)6-7-13(18)16-9-3-4-10-16/h1-2,5-8H,3-4,9-10H2,(H,14,15,17). The van der Waals surface area contributed by atoms with Crippen molar-refractivity contribution >= 4 is 17.6 Å². The maximum atomic E-state index is 11.6. The summed E-state index contributed by atoms with van der Waals surface area (Å²) in [6.07, 6.45) is 6.23. The average Bonchev–Trinajstić information content (AvgIpc) is 2.91. The fourth-order valence-electron chi connectivity index (χ4n) is 1.79. The van der Waals surface area contributed by atoms with Gasteiger partial charge in [0.05, 0.1) is 0 Å². The van der Waals surface area contributed by atoms with Crippen LogP contribution in [0.25, 0.3) is 0 Å². The van der Waals surface area contributed by atoms with E-state index in [-0.39, 0.29) is 11.8 Å². The predicted octanol–water partition coefficient (Wildman–Crippen LogP) is 1.20. The van der Waals surface area contributed by atoms with Gasteiger partial charge in [-0.25, -0.2) is 4.98 Å². The number of carbonyl (C=O) groups excluding carboxylic acids is 2. The molecule has 0 aromatic carbocycles. The maximum Gasteiger partial charge on any atom is 0.249 e. The van der Waals surface area contributed by atoms with E-state index in [1.165, 1.54) is 12.2 Å². The fraction of sp³-hybridized carbons (Fsp3) is 0.308. The third-order valence-corrected chi connectivity index (χ3v) is 2.71. The second-order valence-corrected chi connectivity index (χ2v) is 4.07. The first-order valence-electron chi connectivity index (χ1n) is 5.95. The molecule has 1 saturated heterocycles. The average molecular weight is 245 g/mol. The number of likely N-dealkylation sites (tertiary alicyclic amines) is 1. The molecule has 0 aliphatic carbocycles. The van der Waals surface area contributed by atoms with Crippen LogP contribution in [0.4, 0.5) is 5.82 Å². The number of pyridine rings is 1. The van der Waals surface area contributed by atoms with Crippen LogP contribution >= 0.6 is 0 Å². The Bertz CT molecular complexity index is 451. The van der Waals surface area contributed by atoms with Gasteiger partial charge in [0.2, 0.25) is 11.8 Å². The Morgan fingerprint density at radius 3 is 2.67 bits per heavy atom. The lowest BCUT2D eigenvalue weighted by atomic mass is 10.4. The van der Waals surface area contributed by atoms with E-state index >= 15 is 0 Å². The third-order valence-electron chi connectivity index (χ3n) is 2.71. The smallest absolute Gasteiger partial charge is 0.249 e. The Labute approximate surface area is 106 Å². The van der Waals surface area contributed by atoms with E-state index in [2.05, 4.69) is 10.3 Å². The summed E-state index contributed by atoms with van der Waals surface area (Å²) in [5.74, 6) is 0.0192. The van der Waals surface area contributed by atoms with Crippen molar-refractivity contribution in [2.24, 2.45) is 0 Å². The number of rotatable bonds is 3. The number of aromatic nitrogens is 1. The Morgan fingerprint density at radius 1 is 1.22 bits per heavy atom. The van der Waals surface area contributed by atoms with Crippen LogP contribution in [-0.4, -0.2) is 34.8 Å². The summed E-state index contributed by atoms with van der Waals surface area (Å²) in [7, 11) is 0. The number of anilines is 1. The lowest BCUT2D eigenvalue weighted by molar-refractivity contribution is -0.125. The lowest BCUT2D eigenvalue weighted by Crippen LogP contribution is -2.26. The SMILES string of the molecule is O=C(C=CC(=O)N1CCCC1)Nc1ccccn1. The van der Waals surface area contributed by atoms with Crippen LogP contribution in [-0.2, 0) is 9.59 Å². The van der Waals surface area contributed by atoms with E-state index in [1.807, 2.05) is 0 Å². The molecule has 5 nitrogen and oxygen atoms in total. The van der Waals surface area contributed by atoms with Gasteiger partial charge in [0, 0.05) is 31.4 Å². The molecule has 1 aromatic heterocycles. The van der Waals surface area contributed by atoms with Crippen molar-refractivity contribution in [2.45, 2.75) is 12.8 Å². The van der Waals surface area contributed by atoms with Gasteiger partial charge in [-0.3, -0.25) is 9.59 Å². The zero-order chi connectivity index (χ0) is 12.8. The minimum atomic E-state index is -0.346. The third kappa shape index (κ3) is 3.41. The van der Waals surface area contributed by atoms with Crippen molar-refractivity contribution < 1.29 is 9.59 Å². The molecule has 18 heavy (non-hydrogen) atoms. The van der Waals surface area contributed by atoms with Crippen molar-refractivity contribution in [3.05, 3.63) is 36.5 Å². The number of nitrogens with zero attached hydrogens (tertiary/aromatic N) is 2. The van der Waals surface area contributed by atoms with Crippen molar-refractivity contribution in [1.29, 1.82) is 0 Å². The van der Waals surface area contributed by atoms with E-state index < -0.39 is 0 Å². The minimum absolute atomic E-state index is 0.108. The summed E-state index contributed by atoms with van der Waals surface area (Å²) >= 11 is 0. The van der Waals surface area contributed by atoms with Gasteiger partial charge < -0.3 is 10.2 Å². The molecule has 5 heteroatoms. The second kappa shape index (κ2) is 5.95. The normalized spacial score (nSPS) is 15.0. The number of hydrogen-bond acceptors (Lipinski definition) is 3. The first kappa shape index (κ1) is 12.3. The molecule has 0 radical (unpaired) electrons. The van der Waals surface area contributed by atoms with E-state index in [1.54, 1.807) is 29.3 Å². The lowest BCUT2D eigenvalue weighted by Gasteiger charge is -2.11. The molecule has 0 atom stereocenters. The molecule has 1 aromatic rings. The molecule has 2 amide bonds. The molecule has 1 aliphatic rings. The number of hydrogen-bond donors (Lipinski definition) is 1. The highest BCUT2D eigenvalue weighted by Crippen LogP contribution is 2.07. The van der Waals surface area contributed by atoms with E-state index in [9.17, 15) is 9.59 Å². The summed E-state index contributed by atoms with van der Waals surface area (Å²) in [5.41, 5.74) is 0. The van der Waals surface area contributed by atoms with Crippen molar-refractivity contribution in [3.8, 4) is 0 Å². The van der Waals surface area contributed by atoms with E-state index in [0.717, 1.165) is 25.9 Å². The van der Waals surface area contributed by atoms with Gasteiger partial charge in [-0.1, -0.05) is 6.07 Å². The Balaban J connectivity index is 1.85. The highest BCUT2D eigenvalue weighted by Gasteiger charge is 2.15. The van der Waals surface area contributed by atoms with Crippen molar-refractivity contribution in [2.75, 3.05) is 18.4 Å². The van der Waals surface area contributed by atoms with E-state index in [0.29, 0.717) is 5.82 Å². The molecule has 1 fully saturated rings. The van der Waals surface area contributed by atoms with Gasteiger partial charge >= 0.3 is 0 Å². The zero-order valence-corrected chi connectivity index (χ0v) is 10.0. The van der Waals surface area contributed by atoms with Crippen LogP contribution in [0.15, 0.2) is 36.5 Å². The minimum Gasteiger partial charge on any atom is -0.339 e. The van der Waals surface area contributed by atoms with Gasteiger partial charge in [-0.2, -0.15) is 0 Å². The van der Waals surface area contributed by atoms with Gasteiger partial charge in [0.15, 0.2) is 0 Å². The molecule has 0 bridgehead atoms. The second-order valence-electron chi connectivity index (χ2n) is 4.07. The molecular weight excluding hydrogens is 230 g/mol. The van der Waals surface area contributed by atoms with Gasteiger partial charge in [-0.15, -0.1) is 0 Å². The molecular formula is C13H15N3O2. The predicted molar refractivity (Wildman–Crippen MR) is 67.8 cm³/mol. The van der Waals surface area contributed by atoms with E-state index in [4.69, 9.17) is 0 Å². The monoisotopic (exact) mass is 245 g/mol. The molecule has 2 heterocycles. The molecule has 0 saturated carbocycles. The van der Waals surface area contributed by atoms with Crippen LogP contribution < -0.4 is 5.32 Å². The molecule has 1 aliphatic heterocycles. The van der Waals surface area contributed by atoms with Crippen LogP contribution in [0.2, 0.25) is 0 Å².